The highest BCUT2D eigenvalue weighted by atomic mass is 32.2. The summed E-state index contributed by atoms with van der Waals surface area (Å²) in [4.78, 5) is 49.4. The zero-order valence-electron chi connectivity index (χ0n) is 20.3. The lowest BCUT2D eigenvalue weighted by atomic mass is 10.0. The third kappa shape index (κ3) is 5.28. The molecule has 0 unspecified atom stereocenters. The number of β-lactam (4-membered cyclic amide) rings is 1. The van der Waals surface area contributed by atoms with Crippen molar-refractivity contribution in [2.75, 3.05) is 11.5 Å². The van der Waals surface area contributed by atoms with E-state index < -0.39 is 29.2 Å². The summed E-state index contributed by atoms with van der Waals surface area (Å²) in [6.45, 7) is 5.14. The Labute approximate surface area is 234 Å². The standard InChI is InChI=1S/C24H21N7O5S3/c1-12(2)36-29-17(14-10-38-24(25)27-14)20(32)28-18-21(33)30-19(23(34)35)15(11-37-22(18)30)39-16-8-9-26-31(16)13-6-4-3-5-7-13/h3-10,18,22H,1,11H2,2H3,(H2,25,27)(H,28,32)(H,34,35)/b29-17-/t18-,22-/m1/s1. The van der Waals surface area contributed by atoms with Gasteiger partial charge in [0.2, 0.25) is 0 Å². The average Bonchev–Trinajstić information content (AvgIpc) is 3.56. The van der Waals surface area contributed by atoms with Crippen LogP contribution in [0.5, 0.6) is 0 Å². The van der Waals surface area contributed by atoms with E-state index in [1.54, 1.807) is 23.9 Å². The highest BCUT2D eigenvalue weighted by molar-refractivity contribution is 8.06. The van der Waals surface area contributed by atoms with Crippen molar-refractivity contribution in [2.45, 2.75) is 23.4 Å². The Balaban J connectivity index is 1.36. The van der Waals surface area contributed by atoms with E-state index in [-0.39, 0.29) is 28.0 Å². The largest absolute Gasteiger partial charge is 0.477 e. The first-order valence-corrected chi connectivity index (χ1v) is 14.1. The fourth-order valence-electron chi connectivity index (χ4n) is 3.86. The van der Waals surface area contributed by atoms with Gasteiger partial charge in [-0.25, -0.2) is 14.5 Å². The predicted molar refractivity (Wildman–Crippen MR) is 148 cm³/mol. The van der Waals surface area contributed by atoms with Gasteiger partial charge in [0, 0.05) is 16.0 Å². The molecule has 15 heteroatoms. The van der Waals surface area contributed by atoms with Crippen molar-refractivity contribution in [3.63, 3.8) is 0 Å². The summed E-state index contributed by atoms with van der Waals surface area (Å²) in [6.07, 6.45) is 1.63. The van der Waals surface area contributed by atoms with Crippen LogP contribution in [0.25, 0.3) is 5.69 Å². The number of fused-ring (bicyclic) bond motifs is 1. The third-order valence-electron chi connectivity index (χ3n) is 5.53. The molecule has 1 aromatic carbocycles. The van der Waals surface area contributed by atoms with Crippen molar-refractivity contribution >= 4 is 63.5 Å². The van der Waals surface area contributed by atoms with E-state index in [2.05, 4.69) is 27.1 Å². The summed E-state index contributed by atoms with van der Waals surface area (Å²) in [6, 6.07) is 10.2. The smallest absolute Gasteiger partial charge is 0.353 e. The molecular weight excluding hydrogens is 563 g/mol. The van der Waals surface area contributed by atoms with Gasteiger partial charge in [-0.1, -0.05) is 41.7 Å². The van der Waals surface area contributed by atoms with Gasteiger partial charge in [-0.05, 0) is 25.1 Å². The molecule has 4 N–H and O–H groups in total. The molecule has 0 radical (unpaired) electrons. The van der Waals surface area contributed by atoms with Gasteiger partial charge in [-0.2, -0.15) is 5.10 Å². The normalized spacial score (nSPS) is 18.8. The molecule has 0 aliphatic carbocycles. The zero-order chi connectivity index (χ0) is 27.7. The summed E-state index contributed by atoms with van der Waals surface area (Å²) in [5.74, 6) is -1.94. The fraction of sp³-hybridized carbons (Fsp3) is 0.167. The van der Waals surface area contributed by atoms with Crippen LogP contribution in [0.2, 0.25) is 0 Å². The molecule has 200 valence electrons. The maximum atomic E-state index is 13.2. The molecule has 2 aliphatic heterocycles. The number of nitrogen functional groups attached to an aromatic ring is 1. The molecule has 0 spiro atoms. The molecule has 2 amide bonds. The number of hydrogen-bond acceptors (Lipinski definition) is 11. The molecule has 1 saturated heterocycles. The summed E-state index contributed by atoms with van der Waals surface area (Å²) >= 11 is 3.70. The number of aromatic nitrogens is 3. The molecule has 2 aromatic heterocycles. The number of rotatable bonds is 9. The number of allylic oxidation sites excluding steroid dienone is 1. The second-order valence-corrected chi connectivity index (χ2v) is 11.4. The van der Waals surface area contributed by atoms with Crippen molar-refractivity contribution in [1.29, 1.82) is 0 Å². The highest BCUT2D eigenvalue weighted by Gasteiger charge is 2.54. The van der Waals surface area contributed by atoms with Crippen LogP contribution in [0.4, 0.5) is 5.13 Å². The summed E-state index contributed by atoms with van der Waals surface area (Å²) in [5.41, 5.74) is 6.39. The van der Waals surface area contributed by atoms with E-state index in [0.717, 1.165) is 17.0 Å². The monoisotopic (exact) mass is 583 g/mol. The molecule has 12 nitrogen and oxygen atoms in total. The number of aliphatic carboxylic acids is 1. The van der Waals surface area contributed by atoms with Gasteiger partial charge in [-0.3, -0.25) is 14.5 Å². The topological polar surface area (TPSA) is 165 Å². The van der Waals surface area contributed by atoms with Gasteiger partial charge in [0.1, 0.15) is 33.6 Å². The van der Waals surface area contributed by atoms with Crippen molar-refractivity contribution in [3.05, 3.63) is 76.6 Å². The Morgan fingerprint density at radius 1 is 1.31 bits per heavy atom. The van der Waals surface area contributed by atoms with Crippen LogP contribution in [0, 0.1) is 0 Å². The number of thiazole rings is 1. The number of benzene rings is 1. The van der Waals surface area contributed by atoms with Crippen molar-refractivity contribution in [3.8, 4) is 5.69 Å². The molecule has 2 atom stereocenters. The van der Waals surface area contributed by atoms with E-state index in [4.69, 9.17) is 10.6 Å². The minimum atomic E-state index is -1.23. The first-order chi connectivity index (χ1) is 18.7. The lowest BCUT2D eigenvalue weighted by Gasteiger charge is -2.49. The fourth-order valence-corrected chi connectivity index (χ4v) is 6.95. The molecule has 0 bridgehead atoms. The minimum absolute atomic E-state index is 0.119. The number of nitrogens with zero attached hydrogens (tertiary/aromatic N) is 5. The maximum absolute atomic E-state index is 13.2. The Morgan fingerprint density at radius 3 is 2.74 bits per heavy atom. The van der Waals surface area contributed by atoms with E-state index in [0.29, 0.717) is 15.7 Å². The summed E-state index contributed by atoms with van der Waals surface area (Å²) in [7, 11) is 0. The quantitative estimate of drug-likeness (QED) is 0.148. The Bertz CT molecular complexity index is 1530. The number of hydrogen-bond donors (Lipinski definition) is 3. The number of nitrogens with one attached hydrogen (secondary N) is 1. The van der Waals surface area contributed by atoms with Crippen LogP contribution in [0.15, 0.2) is 81.1 Å². The highest BCUT2D eigenvalue weighted by Crippen LogP contribution is 2.45. The van der Waals surface area contributed by atoms with Gasteiger partial charge in [0.15, 0.2) is 10.8 Å². The van der Waals surface area contributed by atoms with E-state index in [9.17, 15) is 19.5 Å². The number of carbonyl (C=O) groups is 3. The van der Waals surface area contributed by atoms with Gasteiger partial charge in [0.25, 0.3) is 11.8 Å². The summed E-state index contributed by atoms with van der Waals surface area (Å²) in [5, 5.41) is 22.7. The van der Waals surface area contributed by atoms with E-state index >= 15 is 0 Å². The predicted octanol–water partition coefficient (Wildman–Crippen LogP) is 2.65. The first-order valence-electron chi connectivity index (χ1n) is 11.4. The molecule has 2 aliphatic rings. The maximum Gasteiger partial charge on any atom is 0.353 e. The molecule has 5 rings (SSSR count). The van der Waals surface area contributed by atoms with Crippen LogP contribution in [0.1, 0.15) is 12.6 Å². The zero-order valence-corrected chi connectivity index (χ0v) is 22.8. The number of amides is 2. The molecule has 1 fully saturated rings. The lowest BCUT2D eigenvalue weighted by Crippen LogP contribution is -2.71. The number of carbonyl (C=O) groups excluding carboxylic acids is 2. The molecule has 3 aromatic rings. The van der Waals surface area contributed by atoms with Crippen molar-refractivity contribution in [2.24, 2.45) is 5.16 Å². The summed E-state index contributed by atoms with van der Waals surface area (Å²) < 4.78 is 1.70. The van der Waals surface area contributed by atoms with Crippen LogP contribution >= 0.6 is 34.9 Å². The molecule has 0 saturated carbocycles. The van der Waals surface area contributed by atoms with Crippen molar-refractivity contribution < 1.29 is 24.3 Å². The second-order valence-electron chi connectivity index (χ2n) is 8.26. The van der Waals surface area contributed by atoms with Crippen LogP contribution in [0.3, 0.4) is 0 Å². The molecular formula is C24H21N7O5S3. The van der Waals surface area contributed by atoms with Crippen LogP contribution < -0.4 is 11.1 Å². The molecule has 4 heterocycles. The number of anilines is 1. The van der Waals surface area contributed by atoms with E-state index in [1.807, 2.05) is 30.3 Å². The van der Waals surface area contributed by atoms with E-state index in [1.165, 1.54) is 33.8 Å². The van der Waals surface area contributed by atoms with Gasteiger partial charge >= 0.3 is 5.97 Å². The van der Waals surface area contributed by atoms with Crippen LogP contribution in [-0.2, 0) is 19.2 Å². The third-order valence-corrected chi connectivity index (χ3v) is 8.77. The number of thioether (sulfide) groups is 2. The van der Waals surface area contributed by atoms with Gasteiger partial charge < -0.3 is 21.0 Å². The number of carboxylic acids is 1. The lowest BCUT2D eigenvalue weighted by molar-refractivity contribution is -0.150. The molecule has 39 heavy (non-hydrogen) atoms. The Morgan fingerprint density at radius 2 is 2.08 bits per heavy atom. The first kappa shape index (κ1) is 26.5. The number of nitrogens with two attached hydrogens (primary N) is 1. The van der Waals surface area contributed by atoms with Gasteiger partial charge in [0.05, 0.1) is 11.9 Å². The Hall–Kier alpha value is -4.08. The average molecular weight is 584 g/mol. The number of para-hydroxylation sites is 1. The number of oxime groups is 1. The van der Waals surface area contributed by atoms with Gasteiger partial charge in [-0.15, -0.1) is 23.1 Å². The Kier molecular flexibility index (Phi) is 7.45. The van der Waals surface area contributed by atoms with Crippen molar-refractivity contribution in [1.82, 2.24) is 25.0 Å². The number of carboxylic acid groups (broad SMARTS) is 1. The second kappa shape index (κ2) is 11.0. The SMILES string of the molecule is C=C(C)O/N=C(\C(=O)N[C@@H]1C(=O)N2C(C(=O)O)=C(Sc3ccnn3-c3ccccc3)CS[C@H]12)c1csc(N)n1. The van der Waals surface area contributed by atoms with Crippen LogP contribution in [-0.4, -0.2) is 65.4 Å². The minimum Gasteiger partial charge on any atom is -0.477 e.